The fourth-order valence-corrected chi connectivity index (χ4v) is 4.17. The number of pyridine rings is 1. The van der Waals surface area contributed by atoms with E-state index in [0.717, 1.165) is 19.6 Å². The first-order chi connectivity index (χ1) is 12.9. The average Bonchev–Trinajstić information content (AvgIpc) is 3.17. The van der Waals surface area contributed by atoms with Crippen molar-refractivity contribution in [2.24, 2.45) is 0 Å². The number of hydrogen-bond acceptors (Lipinski definition) is 2. The van der Waals surface area contributed by atoms with Crippen molar-refractivity contribution in [2.45, 2.75) is 19.1 Å². The second-order valence-electron chi connectivity index (χ2n) is 6.92. The van der Waals surface area contributed by atoms with Crippen LogP contribution >= 0.6 is 0 Å². The summed E-state index contributed by atoms with van der Waals surface area (Å²) in [7, 11) is 0. The first-order valence-corrected chi connectivity index (χ1v) is 9.16. The summed E-state index contributed by atoms with van der Waals surface area (Å²) in [5, 5.41) is 2.51. The lowest BCUT2D eigenvalue weighted by Gasteiger charge is -2.37. The Morgan fingerprint density at radius 2 is 1.81 bits per heavy atom. The standard InChI is InChI=1S/C23H21N3/c1-2-6-18(7-3-1)23-22-10-5-13-25(22)14-15-26(23)17-20-9-4-8-19-16-24-12-11-21(19)20/h1-13,16,23H,14-15,17H2. The predicted molar refractivity (Wildman–Crippen MR) is 105 cm³/mol. The van der Waals surface area contributed by atoms with Crippen molar-refractivity contribution in [3.05, 3.63) is 102 Å². The molecule has 2 aromatic carbocycles. The minimum atomic E-state index is 0.289. The van der Waals surface area contributed by atoms with Crippen LogP contribution in [0.5, 0.6) is 0 Å². The third-order valence-corrected chi connectivity index (χ3v) is 5.40. The maximum Gasteiger partial charge on any atom is 0.0759 e. The van der Waals surface area contributed by atoms with Gasteiger partial charge in [0.25, 0.3) is 0 Å². The van der Waals surface area contributed by atoms with Gasteiger partial charge in [-0.1, -0.05) is 48.5 Å². The molecule has 1 aliphatic heterocycles. The van der Waals surface area contributed by atoms with Crippen LogP contribution in [0.3, 0.4) is 0 Å². The monoisotopic (exact) mass is 339 g/mol. The zero-order chi connectivity index (χ0) is 17.3. The number of aromatic nitrogens is 2. The summed E-state index contributed by atoms with van der Waals surface area (Å²) >= 11 is 0. The average molecular weight is 339 g/mol. The lowest BCUT2D eigenvalue weighted by molar-refractivity contribution is 0.175. The molecule has 0 aliphatic carbocycles. The van der Waals surface area contributed by atoms with Gasteiger partial charge in [-0.25, -0.2) is 0 Å². The Morgan fingerprint density at radius 1 is 0.885 bits per heavy atom. The molecular formula is C23H21N3. The van der Waals surface area contributed by atoms with Crippen LogP contribution in [-0.2, 0) is 13.1 Å². The van der Waals surface area contributed by atoms with Crippen molar-refractivity contribution >= 4 is 10.8 Å². The van der Waals surface area contributed by atoms with Gasteiger partial charge in [0.1, 0.15) is 0 Å². The summed E-state index contributed by atoms with van der Waals surface area (Å²) in [6.45, 7) is 3.02. The smallest absolute Gasteiger partial charge is 0.0759 e. The molecule has 0 bridgehead atoms. The van der Waals surface area contributed by atoms with E-state index in [0.29, 0.717) is 0 Å². The Balaban J connectivity index is 1.57. The molecule has 0 amide bonds. The van der Waals surface area contributed by atoms with Gasteiger partial charge in [-0.05, 0) is 34.7 Å². The van der Waals surface area contributed by atoms with E-state index in [1.807, 2.05) is 12.4 Å². The van der Waals surface area contributed by atoms with Crippen LogP contribution in [-0.4, -0.2) is 21.0 Å². The summed E-state index contributed by atoms with van der Waals surface area (Å²) < 4.78 is 2.39. The minimum absolute atomic E-state index is 0.289. The second kappa shape index (κ2) is 6.43. The summed E-state index contributed by atoms with van der Waals surface area (Å²) in [5.41, 5.74) is 4.10. The van der Waals surface area contributed by atoms with Crippen molar-refractivity contribution in [1.82, 2.24) is 14.5 Å². The molecular weight excluding hydrogens is 318 g/mol. The van der Waals surface area contributed by atoms with Crippen LogP contribution in [0.25, 0.3) is 10.8 Å². The summed E-state index contributed by atoms with van der Waals surface area (Å²) in [6.07, 6.45) is 6.04. The molecule has 0 fully saturated rings. The quantitative estimate of drug-likeness (QED) is 0.542. The van der Waals surface area contributed by atoms with E-state index in [4.69, 9.17) is 0 Å². The fraction of sp³-hybridized carbons (Fsp3) is 0.174. The Morgan fingerprint density at radius 3 is 2.73 bits per heavy atom. The highest BCUT2D eigenvalue weighted by molar-refractivity contribution is 5.84. The van der Waals surface area contributed by atoms with Gasteiger partial charge in [0.05, 0.1) is 6.04 Å². The summed E-state index contributed by atoms with van der Waals surface area (Å²) in [5.74, 6) is 0. The third kappa shape index (κ3) is 2.61. The molecule has 5 rings (SSSR count). The molecule has 0 saturated heterocycles. The van der Waals surface area contributed by atoms with E-state index in [1.54, 1.807) is 0 Å². The zero-order valence-electron chi connectivity index (χ0n) is 14.6. The van der Waals surface area contributed by atoms with E-state index >= 15 is 0 Å². The summed E-state index contributed by atoms with van der Waals surface area (Å²) in [4.78, 5) is 6.87. The lowest BCUT2D eigenvalue weighted by atomic mass is 9.98. The molecule has 1 atom stereocenters. The maximum absolute atomic E-state index is 4.27. The molecule has 0 radical (unpaired) electrons. The van der Waals surface area contributed by atoms with Crippen LogP contribution in [0.15, 0.2) is 85.3 Å². The van der Waals surface area contributed by atoms with Gasteiger partial charge in [-0.2, -0.15) is 0 Å². The van der Waals surface area contributed by atoms with Gasteiger partial charge in [-0.15, -0.1) is 0 Å². The maximum atomic E-state index is 4.27. The molecule has 3 heterocycles. The highest BCUT2D eigenvalue weighted by Crippen LogP contribution is 2.34. The molecule has 3 nitrogen and oxygen atoms in total. The van der Waals surface area contributed by atoms with Gasteiger partial charge in [0.2, 0.25) is 0 Å². The SMILES string of the molecule is c1ccc(C2c3cccn3CCN2Cc2cccc3cnccc23)cc1. The number of rotatable bonds is 3. The first kappa shape index (κ1) is 15.4. The van der Waals surface area contributed by atoms with Crippen molar-refractivity contribution < 1.29 is 0 Å². The molecule has 2 aromatic heterocycles. The van der Waals surface area contributed by atoms with Gasteiger partial charge < -0.3 is 4.57 Å². The van der Waals surface area contributed by atoms with Crippen LogP contribution < -0.4 is 0 Å². The second-order valence-corrected chi connectivity index (χ2v) is 6.92. The van der Waals surface area contributed by atoms with Crippen molar-refractivity contribution in [3.63, 3.8) is 0 Å². The van der Waals surface area contributed by atoms with Crippen molar-refractivity contribution in [3.8, 4) is 0 Å². The van der Waals surface area contributed by atoms with Crippen LogP contribution in [0.4, 0.5) is 0 Å². The third-order valence-electron chi connectivity index (χ3n) is 5.40. The Hall–Kier alpha value is -2.91. The molecule has 1 unspecified atom stereocenters. The van der Waals surface area contributed by atoms with E-state index in [9.17, 15) is 0 Å². The van der Waals surface area contributed by atoms with Crippen LogP contribution in [0.2, 0.25) is 0 Å². The Labute approximate surface area is 153 Å². The van der Waals surface area contributed by atoms with Crippen LogP contribution in [0, 0.1) is 0 Å². The van der Waals surface area contributed by atoms with Gasteiger partial charge in [0, 0.05) is 49.3 Å². The molecule has 0 spiro atoms. The number of benzene rings is 2. The normalized spacial score (nSPS) is 17.3. The number of nitrogens with zero attached hydrogens (tertiary/aromatic N) is 3. The van der Waals surface area contributed by atoms with E-state index in [1.165, 1.54) is 27.6 Å². The highest BCUT2D eigenvalue weighted by atomic mass is 15.2. The molecule has 26 heavy (non-hydrogen) atoms. The van der Waals surface area contributed by atoms with Gasteiger partial charge in [0.15, 0.2) is 0 Å². The molecule has 0 saturated carbocycles. The molecule has 4 aromatic rings. The molecule has 0 N–H and O–H groups in total. The fourth-order valence-electron chi connectivity index (χ4n) is 4.17. The van der Waals surface area contributed by atoms with E-state index in [-0.39, 0.29) is 6.04 Å². The topological polar surface area (TPSA) is 21.1 Å². The van der Waals surface area contributed by atoms with Crippen LogP contribution in [0.1, 0.15) is 22.9 Å². The Kier molecular flexibility index (Phi) is 3.80. The summed E-state index contributed by atoms with van der Waals surface area (Å²) in [6, 6.07) is 24.2. The van der Waals surface area contributed by atoms with Gasteiger partial charge >= 0.3 is 0 Å². The van der Waals surface area contributed by atoms with Gasteiger partial charge in [-0.3, -0.25) is 9.88 Å². The minimum Gasteiger partial charge on any atom is -0.348 e. The zero-order valence-corrected chi connectivity index (χ0v) is 14.6. The van der Waals surface area contributed by atoms with E-state index in [2.05, 4.69) is 87.4 Å². The van der Waals surface area contributed by atoms with Crippen molar-refractivity contribution in [2.75, 3.05) is 6.54 Å². The van der Waals surface area contributed by atoms with Crippen molar-refractivity contribution in [1.29, 1.82) is 0 Å². The molecule has 128 valence electrons. The lowest BCUT2D eigenvalue weighted by Crippen LogP contribution is -2.37. The first-order valence-electron chi connectivity index (χ1n) is 9.16. The molecule has 3 heteroatoms. The highest BCUT2D eigenvalue weighted by Gasteiger charge is 2.28. The molecule has 1 aliphatic rings. The Bertz CT molecular complexity index is 1030. The number of hydrogen-bond donors (Lipinski definition) is 0. The van der Waals surface area contributed by atoms with E-state index < -0.39 is 0 Å². The largest absolute Gasteiger partial charge is 0.348 e. The number of fused-ring (bicyclic) bond motifs is 2. The predicted octanol–water partition coefficient (Wildman–Crippen LogP) is 4.64.